The molecule has 33 heavy (non-hydrogen) atoms. The molecule has 7 nitrogen and oxygen atoms in total. The Balaban J connectivity index is 1.60. The van der Waals surface area contributed by atoms with E-state index in [9.17, 15) is 9.59 Å². The average Bonchev–Trinajstić information content (AvgIpc) is 3.43. The third kappa shape index (κ3) is 4.80. The van der Waals surface area contributed by atoms with E-state index < -0.39 is 0 Å². The van der Waals surface area contributed by atoms with Crippen molar-refractivity contribution < 1.29 is 9.59 Å². The van der Waals surface area contributed by atoms with Crippen molar-refractivity contribution in [1.82, 2.24) is 20.1 Å². The summed E-state index contributed by atoms with van der Waals surface area (Å²) in [6.45, 7) is 7.98. The Bertz CT molecular complexity index is 1320. The third-order valence-corrected chi connectivity index (χ3v) is 6.40. The number of nitrogens with zero attached hydrogens (tertiary/aromatic N) is 3. The van der Waals surface area contributed by atoms with Crippen LogP contribution in [0.25, 0.3) is 21.6 Å². The highest BCUT2D eigenvalue weighted by atomic mass is 32.1. The summed E-state index contributed by atoms with van der Waals surface area (Å²) < 4.78 is 1.81. The van der Waals surface area contributed by atoms with Crippen LogP contribution in [0, 0.1) is 6.92 Å². The summed E-state index contributed by atoms with van der Waals surface area (Å²) >= 11 is 1.62. The average molecular weight is 462 g/mol. The number of anilines is 1. The second-order valence-electron chi connectivity index (χ2n) is 8.13. The molecular formula is C25H27N5O2S. The van der Waals surface area contributed by atoms with Crippen molar-refractivity contribution in [2.75, 3.05) is 11.9 Å². The van der Waals surface area contributed by atoms with Gasteiger partial charge in [-0.05, 0) is 57.0 Å². The van der Waals surface area contributed by atoms with Crippen molar-refractivity contribution in [2.24, 2.45) is 0 Å². The van der Waals surface area contributed by atoms with Gasteiger partial charge in [0.1, 0.15) is 0 Å². The van der Waals surface area contributed by atoms with E-state index in [1.807, 2.05) is 68.8 Å². The van der Waals surface area contributed by atoms with E-state index in [2.05, 4.69) is 15.7 Å². The first kappa shape index (κ1) is 22.7. The summed E-state index contributed by atoms with van der Waals surface area (Å²) in [5, 5.41) is 10.8. The zero-order valence-electron chi connectivity index (χ0n) is 19.2. The smallest absolute Gasteiger partial charge is 0.252 e. The molecule has 4 rings (SSSR count). The number of amides is 2. The van der Waals surface area contributed by atoms with Gasteiger partial charge in [-0.1, -0.05) is 25.1 Å². The SMILES string of the molecule is CCc1ccccc1NC(=O)CNC(=O)c1cc(-c2ccc(C)s2)nc2c1cnn2C(C)C. The number of thiophene rings is 1. The van der Waals surface area contributed by atoms with Crippen molar-refractivity contribution >= 4 is 39.9 Å². The van der Waals surface area contributed by atoms with Crippen LogP contribution in [0.2, 0.25) is 0 Å². The quantitative estimate of drug-likeness (QED) is 0.406. The van der Waals surface area contributed by atoms with E-state index in [0.717, 1.165) is 28.2 Å². The Hall–Kier alpha value is -3.52. The predicted octanol–water partition coefficient (Wildman–Crippen LogP) is 4.98. The Morgan fingerprint density at radius 1 is 1.15 bits per heavy atom. The second kappa shape index (κ2) is 9.54. The molecule has 0 aliphatic rings. The van der Waals surface area contributed by atoms with Crippen LogP contribution < -0.4 is 10.6 Å². The van der Waals surface area contributed by atoms with Gasteiger partial charge >= 0.3 is 0 Å². The van der Waals surface area contributed by atoms with Crippen LogP contribution in [0.1, 0.15) is 47.6 Å². The van der Waals surface area contributed by atoms with Gasteiger partial charge < -0.3 is 10.6 Å². The molecule has 2 N–H and O–H groups in total. The largest absolute Gasteiger partial charge is 0.343 e. The fourth-order valence-corrected chi connectivity index (χ4v) is 4.51. The fourth-order valence-electron chi connectivity index (χ4n) is 3.68. The molecule has 0 spiro atoms. The minimum absolute atomic E-state index is 0.0932. The first-order valence-corrected chi connectivity index (χ1v) is 11.8. The second-order valence-corrected chi connectivity index (χ2v) is 9.41. The lowest BCUT2D eigenvalue weighted by atomic mass is 10.1. The van der Waals surface area contributed by atoms with Crippen LogP contribution in [0.5, 0.6) is 0 Å². The summed E-state index contributed by atoms with van der Waals surface area (Å²) in [7, 11) is 0. The number of aryl methyl sites for hydroxylation is 2. The number of aromatic nitrogens is 3. The summed E-state index contributed by atoms with van der Waals surface area (Å²) in [4.78, 5) is 32.6. The number of nitrogens with one attached hydrogen (secondary N) is 2. The van der Waals surface area contributed by atoms with E-state index in [-0.39, 0.29) is 24.4 Å². The third-order valence-electron chi connectivity index (χ3n) is 5.38. The highest BCUT2D eigenvalue weighted by Gasteiger charge is 2.19. The standard InChI is InChI=1S/C25H27N5O2S/c1-5-17-8-6-7-9-20(17)28-23(31)14-26-25(32)18-12-21(22-11-10-16(4)33-22)29-24-19(18)13-27-30(24)15(2)3/h6-13,15H,5,14H2,1-4H3,(H,26,32)(H,28,31). The summed E-state index contributed by atoms with van der Waals surface area (Å²) in [6, 6.07) is 13.6. The molecule has 1 aromatic carbocycles. The van der Waals surface area contributed by atoms with Crippen molar-refractivity contribution in [2.45, 2.75) is 40.2 Å². The van der Waals surface area contributed by atoms with Crippen LogP contribution in [-0.2, 0) is 11.2 Å². The number of carbonyl (C=O) groups is 2. The monoisotopic (exact) mass is 461 g/mol. The van der Waals surface area contributed by atoms with Crippen molar-refractivity contribution in [3.8, 4) is 10.6 Å². The molecule has 0 bridgehead atoms. The molecular weight excluding hydrogens is 434 g/mol. The molecule has 3 aromatic heterocycles. The first-order chi connectivity index (χ1) is 15.9. The van der Waals surface area contributed by atoms with Crippen LogP contribution in [0.3, 0.4) is 0 Å². The van der Waals surface area contributed by atoms with Crippen molar-refractivity contribution in [3.63, 3.8) is 0 Å². The molecule has 0 saturated heterocycles. The number of fused-ring (bicyclic) bond motifs is 1. The molecule has 0 radical (unpaired) electrons. The molecule has 0 saturated carbocycles. The number of hydrogen-bond donors (Lipinski definition) is 2. The number of hydrogen-bond acceptors (Lipinski definition) is 5. The van der Waals surface area contributed by atoms with Crippen molar-refractivity contribution in [1.29, 1.82) is 0 Å². The minimum Gasteiger partial charge on any atom is -0.343 e. The highest BCUT2D eigenvalue weighted by Crippen LogP contribution is 2.30. The van der Waals surface area contributed by atoms with Crippen LogP contribution in [0.4, 0.5) is 5.69 Å². The van der Waals surface area contributed by atoms with E-state index >= 15 is 0 Å². The first-order valence-electron chi connectivity index (χ1n) is 11.0. The van der Waals surface area contributed by atoms with Gasteiger partial charge in [0.05, 0.1) is 34.3 Å². The van der Waals surface area contributed by atoms with Gasteiger partial charge in [0.15, 0.2) is 5.65 Å². The van der Waals surface area contributed by atoms with Crippen LogP contribution in [0.15, 0.2) is 48.7 Å². The van der Waals surface area contributed by atoms with E-state index in [0.29, 0.717) is 16.6 Å². The molecule has 0 fully saturated rings. The summed E-state index contributed by atoms with van der Waals surface area (Å²) in [5.74, 6) is -0.610. The number of para-hydroxylation sites is 1. The molecule has 8 heteroatoms. The highest BCUT2D eigenvalue weighted by molar-refractivity contribution is 7.15. The Kier molecular flexibility index (Phi) is 6.55. The van der Waals surface area contributed by atoms with Gasteiger partial charge in [0.25, 0.3) is 5.91 Å². The number of rotatable bonds is 7. The zero-order chi connectivity index (χ0) is 23.5. The number of benzene rings is 1. The van der Waals surface area contributed by atoms with E-state index in [1.165, 1.54) is 4.88 Å². The molecule has 0 aliphatic heterocycles. The van der Waals surface area contributed by atoms with Gasteiger partial charge in [-0.15, -0.1) is 11.3 Å². The molecule has 0 atom stereocenters. The lowest BCUT2D eigenvalue weighted by molar-refractivity contribution is -0.115. The lowest BCUT2D eigenvalue weighted by Gasteiger charge is -2.12. The molecule has 0 aliphatic carbocycles. The predicted molar refractivity (Wildman–Crippen MR) is 133 cm³/mol. The van der Waals surface area contributed by atoms with E-state index in [1.54, 1.807) is 23.6 Å². The van der Waals surface area contributed by atoms with E-state index in [4.69, 9.17) is 4.98 Å². The van der Waals surface area contributed by atoms with Gasteiger partial charge in [-0.2, -0.15) is 5.10 Å². The van der Waals surface area contributed by atoms with Gasteiger partial charge in [0.2, 0.25) is 5.91 Å². The maximum Gasteiger partial charge on any atom is 0.252 e. The van der Waals surface area contributed by atoms with Crippen LogP contribution >= 0.6 is 11.3 Å². The molecule has 4 aromatic rings. The maximum absolute atomic E-state index is 13.2. The van der Waals surface area contributed by atoms with Gasteiger partial charge in [0, 0.05) is 16.6 Å². The summed E-state index contributed by atoms with van der Waals surface area (Å²) in [5.41, 5.74) is 3.63. The minimum atomic E-state index is -0.334. The maximum atomic E-state index is 13.2. The molecule has 0 unspecified atom stereocenters. The van der Waals surface area contributed by atoms with Gasteiger partial charge in [-0.3, -0.25) is 9.59 Å². The Morgan fingerprint density at radius 3 is 2.64 bits per heavy atom. The normalized spacial score (nSPS) is 11.2. The van der Waals surface area contributed by atoms with Crippen LogP contribution in [-0.4, -0.2) is 33.1 Å². The summed E-state index contributed by atoms with van der Waals surface area (Å²) in [6.07, 6.45) is 2.47. The molecule has 3 heterocycles. The lowest BCUT2D eigenvalue weighted by Crippen LogP contribution is -2.33. The number of pyridine rings is 1. The Morgan fingerprint density at radius 2 is 1.94 bits per heavy atom. The Labute approximate surface area is 196 Å². The zero-order valence-corrected chi connectivity index (χ0v) is 20.0. The van der Waals surface area contributed by atoms with Gasteiger partial charge in [-0.25, -0.2) is 9.67 Å². The van der Waals surface area contributed by atoms with Crippen molar-refractivity contribution in [3.05, 3.63) is 64.7 Å². The number of carbonyl (C=O) groups excluding carboxylic acids is 2. The fraction of sp³-hybridized carbons (Fsp3) is 0.280. The molecule has 2 amide bonds. The molecule has 170 valence electrons. The topological polar surface area (TPSA) is 88.9 Å².